The molecule has 0 fully saturated rings. The number of methoxy groups -OCH3 is 1. The highest BCUT2D eigenvalue weighted by atomic mass is 19.1. The van der Waals surface area contributed by atoms with Crippen LogP contribution in [0.25, 0.3) is 10.9 Å². The maximum absolute atomic E-state index is 15.0. The first-order valence-electron chi connectivity index (χ1n) is 14.8. The molecule has 3 aromatic carbocycles. The van der Waals surface area contributed by atoms with Gasteiger partial charge in [-0.15, -0.1) is 0 Å². The fourth-order valence-corrected chi connectivity index (χ4v) is 4.56. The molecule has 0 spiro atoms. The Morgan fingerprint density at radius 3 is 2.18 bits per heavy atom. The van der Waals surface area contributed by atoms with E-state index in [0.29, 0.717) is 34.7 Å². The minimum Gasteiger partial charge on any atom is -0.493 e. The van der Waals surface area contributed by atoms with Gasteiger partial charge in [0.25, 0.3) is 0 Å². The SMILES string of the molecule is CCN(CC)CCCOc1cc2ncnc(Oc3ccc(NC(=O)CCCC(=O)Nc4ccc(F)cc4)cc3F)c2cc1OC. The van der Waals surface area contributed by atoms with E-state index in [9.17, 15) is 14.0 Å². The molecule has 0 saturated heterocycles. The van der Waals surface area contributed by atoms with E-state index in [4.69, 9.17) is 14.2 Å². The van der Waals surface area contributed by atoms with Gasteiger partial charge in [-0.1, -0.05) is 13.8 Å². The Kier molecular flexibility index (Phi) is 12.0. The highest BCUT2D eigenvalue weighted by Crippen LogP contribution is 2.36. The molecule has 2 N–H and O–H groups in total. The number of benzene rings is 3. The van der Waals surface area contributed by atoms with Gasteiger partial charge < -0.3 is 29.7 Å². The summed E-state index contributed by atoms with van der Waals surface area (Å²) in [7, 11) is 1.53. The van der Waals surface area contributed by atoms with Crippen molar-refractivity contribution in [2.45, 2.75) is 39.5 Å². The molecule has 0 radical (unpaired) electrons. The molecule has 45 heavy (non-hydrogen) atoms. The maximum Gasteiger partial charge on any atom is 0.230 e. The Hall–Kier alpha value is -4.84. The van der Waals surface area contributed by atoms with Crippen LogP contribution in [0.4, 0.5) is 20.2 Å². The fourth-order valence-electron chi connectivity index (χ4n) is 4.56. The average molecular weight is 622 g/mol. The monoisotopic (exact) mass is 621 g/mol. The van der Waals surface area contributed by atoms with E-state index in [1.807, 2.05) is 0 Å². The third kappa shape index (κ3) is 9.57. The van der Waals surface area contributed by atoms with Crippen LogP contribution in [0.5, 0.6) is 23.1 Å². The molecule has 4 rings (SSSR count). The average Bonchev–Trinajstić information content (AvgIpc) is 3.03. The summed E-state index contributed by atoms with van der Waals surface area (Å²) in [6.07, 6.45) is 2.59. The fraction of sp³-hybridized carbons (Fsp3) is 0.333. The molecule has 0 atom stereocenters. The van der Waals surface area contributed by atoms with Gasteiger partial charge in [0, 0.05) is 42.9 Å². The normalized spacial score (nSPS) is 11.0. The van der Waals surface area contributed by atoms with Gasteiger partial charge in [0.15, 0.2) is 23.1 Å². The van der Waals surface area contributed by atoms with Crippen molar-refractivity contribution in [2.75, 3.05) is 44.0 Å². The van der Waals surface area contributed by atoms with Crippen molar-refractivity contribution in [3.63, 3.8) is 0 Å². The Balaban J connectivity index is 1.33. The standard InChI is InChI=1S/C33H37F2N5O5/c1-4-40(5-2)16-7-17-44-30-20-27-25(19-29(30)43-3)33(37-21-36-27)45-28-15-14-24(18-26(28)35)39-32(42)9-6-8-31(41)38-23-12-10-22(34)11-13-23/h10-15,18-21H,4-9,16-17H2,1-3H3,(H,38,41)(H,39,42). The lowest BCUT2D eigenvalue weighted by atomic mass is 10.2. The third-order valence-electron chi connectivity index (χ3n) is 7.01. The molecule has 0 saturated carbocycles. The largest absolute Gasteiger partial charge is 0.493 e. The Morgan fingerprint density at radius 1 is 0.822 bits per heavy atom. The molecule has 1 aromatic heterocycles. The number of amides is 2. The minimum absolute atomic E-state index is 0.0487. The van der Waals surface area contributed by atoms with Gasteiger partial charge >= 0.3 is 0 Å². The van der Waals surface area contributed by atoms with Crippen LogP contribution in [-0.2, 0) is 9.59 Å². The van der Waals surface area contributed by atoms with E-state index in [2.05, 4.69) is 39.3 Å². The predicted octanol–water partition coefficient (Wildman–Crippen LogP) is 6.57. The number of carbonyl (C=O) groups excluding carboxylic acids is 2. The second-order valence-corrected chi connectivity index (χ2v) is 10.1. The number of halogens is 2. The van der Waals surface area contributed by atoms with Crippen LogP contribution in [0, 0.1) is 11.6 Å². The van der Waals surface area contributed by atoms with Crippen molar-refractivity contribution < 1.29 is 32.6 Å². The number of rotatable bonds is 16. The van der Waals surface area contributed by atoms with Crippen molar-refractivity contribution in [1.29, 1.82) is 0 Å². The summed E-state index contributed by atoms with van der Waals surface area (Å²) in [4.78, 5) is 35.3. The summed E-state index contributed by atoms with van der Waals surface area (Å²) < 4.78 is 45.4. The third-order valence-corrected chi connectivity index (χ3v) is 7.01. The zero-order chi connectivity index (χ0) is 32.2. The predicted molar refractivity (Wildman–Crippen MR) is 168 cm³/mol. The number of hydrogen-bond donors (Lipinski definition) is 2. The molecule has 2 amide bonds. The van der Waals surface area contributed by atoms with Gasteiger partial charge in [0.05, 0.1) is 24.6 Å². The van der Waals surface area contributed by atoms with E-state index in [0.717, 1.165) is 32.1 Å². The minimum atomic E-state index is -0.710. The summed E-state index contributed by atoms with van der Waals surface area (Å²) in [6, 6.07) is 12.9. The number of ether oxygens (including phenoxy) is 3. The van der Waals surface area contributed by atoms with E-state index in [1.165, 1.54) is 49.8 Å². The zero-order valence-corrected chi connectivity index (χ0v) is 25.6. The number of nitrogens with one attached hydrogen (secondary N) is 2. The van der Waals surface area contributed by atoms with Crippen molar-refractivity contribution in [2.24, 2.45) is 0 Å². The van der Waals surface area contributed by atoms with Crippen LogP contribution in [0.1, 0.15) is 39.5 Å². The summed E-state index contributed by atoms with van der Waals surface area (Å²) in [5.74, 6) is -0.754. The van der Waals surface area contributed by atoms with E-state index >= 15 is 4.39 Å². The van der Waals surface area contributed by atoms with Gasteiger partial charge in [-0.05, 0) is 68.4 Å². The number of anilines is 2. The van der Waals surface area contributed by atoms with Crippen LogP contribution < -0.4 is 24.8 Å². The highest BCUT2D eigenvalue weighted by molar-refractivity contribution is 5.93. The number of carbonyl (C=O) groups is 2. The molecule has 0 aliphatic heterocycles. The molecule has 4 aromatic rings. The first-order chi connectivity index (χ1) is 21.8. The van der Waals surface area contributed by atoms with Crippen LogP contribution >= 0.6 is 0 Å². The van der Waals surface area contributed by atoms with Gasteiger partial charge in [0.2, 0.25) is 17.7 Å². The smallest absolute Gasteiger partial charge is 0.230 e. The number of fused-ring (bicyclic) bond motifs is 1. The molecular weight excluding hydrogens is 584 g/mol. The quantitative estimate of drug-likeness (QED) is 0.135. The molecule has 238 valence electrons. The van der Waals surface area contributed by atoms with Crippen molar-refractivity contribution in [3.8, 4) is 23.1 Å². The number of aromatic nitrogens is 2. The van der Waals surface area contributed by atoms with Crippen LogP contribution in [0.3, 0.4) is 0 Å². The molecule has 0 bridgehead atoms. The molecule has 0 unspecified atom stereocenters. The summed E-state index contributed by atoms with van der Waals surface area (Å²) >= 11 is 0. The van der Waals surface area contributed by atoms with Gasteiger partial charge in [-0.25, -0.2) is 18.7 Å². The summed E-state index contributed by atoms with van der Waals surface area (Å²) in [5, 5.41) is 5.77. The van der Waals surface area contributed by atoms with Gasteiger partial charge in [-0.3, -0.25) is 9.59 Å². The molecule has 10 nitrogen and oxygen atoms in total. The second-order valence-electron chi connectivity index (χ2n) is 10.1. The van der Waals surface area contributed by atoms with Crippen molar-refractivity contribution in [1.82, 2.24) is 14.9 Å². The Labute approximate surface area is 260 Å². The van der Waals surface area contributed by atoms with E-state index < -0.39 is 11.6 Å². The molecular formula is C33H37F2N5O5. The highest BCUT2D eigenvalue weighted by Gasteiger charge is 2.16. The maximum atomic E-state index is 15.0. The van der Waals surface area contributed by atoms with Gasteiger partial charge in [0.1, 0.15) is 12.1 Å². The molecule has 0 aliphatic rings. The molecule has 12 heteroatoms. The topological polar surface area (TPSA) is 115 Å². The van der Waals surface area contributed by atoms with E-state index in [-0.39, 0.29) is 48.4 Å². The van der Waals surface area contributed by atoms with Crippen molar-refractivity contribution in [3.05, 3.63) is 72.6 Å². The summed E-state index contributed by atoms with van der Waals surface area (Å²) in [6.45, 7) is 7.65. The van der Waals surface area contributed by atoms with Crippen LogP contribution in [0.15, 0.2) is 60.9 Å². The first kappa shape index (κ1) is 33.1. The molecule has 1 heterocycles. The first-order valence-corrected chi connectivity index (χ1v) is 14.8. The number of nitrogens with zero attached hydrogens (tertiary/aromatic N) is 3. The second kappa shape index (κ2) is 16.3. The lowest BCUT2D eigenvalue weighted by Crippen LogP contribution is -2.25. The van der Waals surface area contributed by atoms with Gasteiger partial charge in [-0.2, -0.15) is 0 Å². The lowest BCUT2D eigenvalue weighted by Gasteiger charge is -2.18. The van der Waals surface area contributed by atoms with Crippen LogP contribution in [-0.4, -0.2) is 60.0 Å². The molecule has 0 aliphatic carbocycles. The Morgan fingerprint density at radius 2 is 1.51 bits per heavy atom. The zero-order valence-electron chi connectivity index (χ0n) is 25.6. The lowest BCUT2D eigenvalue weighted by molar-refractivity contribution is -0.117. The summed E-state index contributed by atoms with van der Waals surface area (Å²) in [5.41, 5.74) is 1.24. The van der Waals surface area contributed by atoms with Crippen LogP contribution in [0.2, 0.25) is 0 Å². The Bertz CT molecular complexity index is 1600. The van der Waals surface area contributed by atoms with E-state index in [1.54, 1.807) is 12.1 Å². The number of hydrogen-bond acceptors (Lipinski definition) is 8. The van der Waals surface area contributed by atoms with Crippen molar-refractivity contribution >= 4 is 34.1 Å².